The van der Waals surface area contributed by atoms with Gasteiger partial charge in [-0.15, -0.1) is 0 Å². The molecule has 1 aromatic rings. The molecular formula is C9H11NOS. The standard InChI is InChI=1S/C9H11NOS/c1-7(11)9(12)6-8-2-4-10-5-3-8/h2-5,9,12H,6H2,1H3/t9-/m0/s1. The van der Waals surface area contributed by atoms with Gasteiger partial charge in [0.25, 0.3) is 0 Å². The Kier molecular flexibility index (Phi) is 3.29. The van der Waals surface area contributed by atoms with Gasteiger partial charge in [0, 0.05) is 12.4 Å². The van der Waals surface area contributed by atoms with Gasteiger partial charge in [-0.25, -0.2) is 0 Å². The minimum absolute atomic E-state index is 0.107. The van der Waals surface area contributed by atoms with Crippen LogP contribution < -0.4 is 0 Å². The fourth-order valence-corrected chi connectivity index (χ4v) is 1.10. The van der Waals surface area contributed by atoms with Crippen LogP contribution >= 0.6 is 12.6 Å². The van der Waals surface area contributed by atoms with Crippen LogP contribution in [0.15, 0.2) is 24.5 Å². The first-order valence-corrected chi connectivity index (χ1v) is 4.29. The van der Waals surface area contributed by atoms with Gasteiger partial charge in [-0.2, -0.15) is 12.6 Å². The van der Waals surface area contributed by atoms with Crippen molar-refractivity contribution >= 4 is 18.4 Å². The molecule has 1 rings (SSSR count). The van der Waals surface area contributed by atoms with Gasteiger partial charge in [0.05, 0.1) is 5.25 Å². The maximum Gasteiger partial charge on any atom is 0.142 e. The van der Waals surface area contributed by atoms with E-state index < -0.39 is 0 Å². The van der Waals surface area contributed by atoms with Gasteiger partial charge < -0.3 is 0 Å². The zero-order valence-corrected chi connectivity index (χ0v) is 7.79. The summed E-state index contributed by atoms with van der Waals surface area (Å²) in [5.74, 6) is 0.107. The van der Waals surface area contributed by atoms with Gasteiger partial charge in [-0.05, 0) is 31.0 Å². The van der Waals surface area contributed by atoms with Crippen LogP contribution in [0.3, 0.4) is 0 Å². The highest BCUT2D eigenvalue weighted by Crippen LogP contribution is 2.07. The molecule has 0 aliphatic rings. The Morgan fingerprint density at radius 1 is 1.58 bits per heavy atom. The topological polar surface area (TPSA) is 30.0 Å². The summed E-state index contributed by atoms with van der Waals surface area (Å²) < 4.78 is 0. The molecule has 3 heteroatoms. The van der Waals surface area contributed by atoms with Gasteiger partial charge in [-0.3, -0.25) is 9.78 Å². The molecule has 0 aliphatic heterocycles. The number of pyridine rings is 1. The molecule has 0 amide bonds. The third kappa shape index (κ3) is 2.66. The first-order valence-electron chi connectivity index (χ1n) is 3.77. The Morgan fingerprint density at radius 3 is 2.67 bits per heavy atom. The van der Waals surface area contributed by atoms with Crippen molar-refractivity contribution in [3.8, 4) is 0 Å². The van der Waals surface area contributed by atoms with Crippen LogP contribution in [0.2, 0.25) is 0 Å². The van der Waals surface area contributed by atoms with Crippen LogP contribution in [0.25, 0.3) is 0 Å². The van der Waals surface area contributed by atoms with Gasteiger partial charge in [0.15, 0.2) is 0 Å². The van der Waals surface area contributed by atoms with E-state index in [0.717, 1.165) is 5.56 Å². The Hall–Kier alpha value is -0.830. The molecule has 0 radical (unpaired) electrons. The zero-order chi connectivity index (χ0) is 8.97. The quantitative estimate of drug-likeness (QED) is 0.716. The van der Waals surface area contributed by atoms with E-state index in [1.54, 1.807) is 19.3 Å². The Labute approximate surface area is 77.4 Å². The van der Waals surface area contributed by atoms with Gasteiger partial charge >= 0.3 is 0 Å². The lowest BCUT2D eigenvalue weighted by Crippen LogP contribution is -2.13. The number of carbonyl (C=O) groups is 1. The number of Topliss-reactive ketones (excluding diaryl/α,β-unsaturated/α-hetero) is 1. The monoisotopic (exact) mass is 181 g/mol. The highest BCUT2D eigenvalue weighted by molar-refractivity contribution is 7.81. The Bertz CT molecular complexity index is 260. The van der Waals surface area contributed by atoms with Crippen molar-refractivity contribution in [1.29, 1.82) is 0 Å². The van der Waals surface area contributed by atoms with Crippen molar-refractivity contribution in [2.45, 2.75) is 18.6 Å². The molecule has 1 aromatic heterocycles. The molecule has 0 saturated heterocycles. The minimum Gasteiger partial charge on any atom is -0.299 e. The number of aromatic nitrogens is 1. The van der Waals surface area contributed by atoms with E-state index in [4.69, 9.17) is 0 Å². The van der Waals surface area contributed by atoms with Crippen molar-refractivity contribution in [3.63, 3.8) is 0 Å². The number of nitrogens with zero attached hydrogens (tertiary/aromatic N) is 1. The highest BCUT2D eigenvalue weighted by atomic mass is 32.1. The predicted molar refractivity (Wildman–Crippen MR) is 51.4 cm³/mol. The summed E-state index contributed by atoms with van der Waals surface area (Å²) in [4.78, 5) is 14.7. The lowest BCUT2D eigenvalue weighted by atomic mass is 10.1. The molecule has 0 N–H and O–H groups in total. The maximum atomic E-state index is 10.9. The average molecular weight is 181 g/mol. The fraction of sp³-hybridized carbons (Fsp3) is 0.333. The molecule has 0 spiro atoms. The third-order valence-corrected chi connectivity index (χ3v) is 2.19. The summed E-state index contributed by atoms with van der Waals surface area (Å²) in [7, 11) is 0. The average Bonchev–Trinajstić information content (AvgIpc) is 2.06. The van der Waals surface area contributed by atoms with Crippen LogP contribution in [0, 0.1) is 0 Å². The molecular weight excluding hydrogens is 170 g/mol. The lowest BCUT2D eigenvalue weighted by molar-refractivity contribution is -0.116. The summed E-state index contributed by atoms with van der Waals surface area (Å²) in [5.41, 5.74) is 1.10. The van der Waals surface area contributed by atoms with E-state index in [9.17, 15) is 4.79 Å². The van der Waals surface area contributed by atoms with E-state index in [1.165, 1.54) is 0 Å². The summed E-state index contributed by atoms with van der Waals surface area (Å²) in [6, 6.07) is 3.79. The molecule has 64 valence electrons. The Balaban J connectivity index is 2.58. The van der Waals surface area contributed by atoms with E-state index >= 15 is 0 Å². The van der Waals surface area contributed by atoms with Crippen molar-refractivity contribution in [3.05, 3.63) is 30.1 Å². The third-order valence-electron chi connectivity index (χ3n) is 1.65. The van der Waals surface area contributed by atoms with E-state index in [2.05, 4.69) is 17.6 Å². The van der Waals surface area contributed by atoms with Crippen molar-refractivity contribution in [2.75, 3.05) is 0 Å². The first kappa shape index (κ1) is 9.26. The lowest BCUT2D eigenvalue weighted by Gasteiger charge is -2.05. The molecule has 1 atom stereocenters. The molecule has 0 saturated carbocycles. The second-order valence-corrected chi connectivity index (χ2v) is 3.31. The molecule has 12 heavy (non-hydrogen) atoms. The molecule has 0 aromatic carbocycles. The smallest absolute Gasteiger partial charge is 0.142 e. The predicted octanol–water partition coefficient (Wildman–Crippen LogP) is 1.51. The van der Waals surface area contributed by atoms with Crippen molar-refractivity contribution in [2.24, 2.45) is 0 Å². The van der Waals surface area contributed by atoms with Crippen LogP contribution in [0.5, 0.6) is 0 Å². The molecule has 0 fully saturated rings. The minimum atomic E-state index is -0.188. The summed E-state index contributed by atoms with van der Waals surface area (Å²) in [6.07, 6.45) is 4.12. The van der Waals surface area contributed by atoms with E-state index in [1.807, 2.05) is 12.1 Å². The largest absolute Gasteiger partial charge is 0.299 e. The van der Waals surface area contributed by atoms with Gasteiger partial charge in [0.2, 0.25) is 0 Å². The van der Waals surface area contributed by atoms with Crippen LogP contribution in [-0.2, 0) is 11.2 Å². The van der Waals surface area contributed by atoms with Crippen LogP contribution in [0.4, 0.5) is 0 Å². The number of hydrogen-bond donors (Lipinski definition) is 1. The van der Waals surface area contributed by atoms with Gasteiger partial charge in [-0.1, -0.05) is 0 Å². The van der Waals surface area contributed by atoms with Crippen LogP contribution in [0.1, 0.15) is 12.5 Å². The van der Waals surface area contributed by atoms with E-state index in [-0.39, 0.29) is 11.0 Å². The van der Waals surface area contributed by atoms with E-state index in [0.29, 0.717) is 6.42 Å². The number of thiol groups is 1. The SMILES string of the molecule is CC(=O)[C@@H](S)Cc1ccncc1. The second kappa shape index (κ2) is 4.26. The molecule has 0 bridgehead atoms. The van der Waals surface area contributed by atoms with Crippen LogP contribution in [-0.4, -0.2) is 16.0 Å². The number of hydrogen-bond acceptors (Lipinski definition) is 3. The normalized spacial score (nSPS) is 12.5. The highest BCUT2D eigenvalue weighted by Gasteiger charge is 2.08. The maximum absolute atomic E-state index is 10.9. The summed E-state index contributed by atoms with van der Waals surface area (Å²) in [6.45, 7) is 1.55. The molecule has 0 unspecified atom stereocenters. The second-order valence-electron chi connectivity index (χ2n) is 2.69. The van der Waals surface area contributed by atoms with Crippen molar-refractivity contribution < 1.29 is 4.79 Å². The number of ketones is 1. The summed E-state index contributed by atoms with van der Waals surface area (Å²) >= 11 is 4.17. The summed E-state index contributed by atoms with van der Waals surface area (Å²) in [5, 5.41) is -0.188. The number of carbonyl (C=O) groups excluding carboxylic acids is 1. The molecule has 1 heterocycles. The zero-order valence-electron chi connectivity index (χ0n) is 6.90. The van der Waals surface area contributed by atoms with Crippen molar-refractivity contribution in [1.82, 2.24) is 4.98 Å². The fourth-order valence-electron chi connectivity index (χ4n) is 0.886. The molecule has 2 nitrogen and oxygen atoms in total. The number of rotatable bonds is 3. The first-order chi connectivity index (χ1) is 5.70. The molecule has 0 aliphatic carbocycles. The van der Waals surface area contributed by atoms with Gasteiger partial charge in [0.1, 0.15) is 5.78 Å². The Morgan fingerprint density at radius 2 is 2.17 bits per heavy atom.